The van der Waals surface area contributed by atoms with Gasteiger partial charge >= 0.3 is 30.1 Å². The van der Waals surface area contributed by atoms with Crippen LogP contribution in [0.25, 0.3) is 10.9 Å². The third-order valence-corrected chi connectivity index (χ3v) is 16.0. The second-order valence-corrected chi connectivity index (χ2v) is 21.5. The standard InChI is InChI=1S/C51H63FN4O16/c1-26-22-54(41-34(52)19-31-40(43(41)68-7)56(28-9-10-28)23-32(42(31)61)44(62)63)16-17-55(26)47(66)71-25-70-45(64)35(53-46(65)72-48(2,3)4)20-38(60)69-24-37(59)51(67)15-13-33-30-11-8-27-18-29(57)12-14-49(27,5)39(30)36(58)21-50(33,51)6/h12,14,18-19,23,26,28,30,33,35-36,39,58,67H,8-11,13,15-17,20-22,24-25H2,1-7H3,(H,53,65)(H,62,63)/t26?,30?,33?,35?,36-,39?,49-,50-,51-/m0/s1. The van der Waals surface area contributed by atoms with E-state index in [2.05, 4.69) is 5.32 Å². The van der Waals surface area contributed by atoms with Gasteiger partial charge in [-0.15, -0.1) is 0 Å². The highest BCUT2D eigenvalue weighted by Gasteiger charge is 2.68. The third-order valence-electron chi connectivity index (χ3n) is 16.0. The van der Waals surface area contributed by atoms with Gasteiger partial charge in [0.25, 0.3) is 0 Å². The number of aliphatic hydroxyl groups is 2. The molecule has 8 rings (SSSR count). The molecular formula is C51H63FN4O16. The zero-order chi connectivity index (χ0) is 52.4. The first-order valence-electron chi connectivity index (χ1n) is 24.4. The maximum Gasteiger partial charge on any atom is 0.413 e. The summed E-state index contributed by atoms with van der Waals surface area (Å²) >= 11 is 0. The topological polar surface area (TPSA) is 267 Å². The second-order valence-electron chi connectivity index (χ2n) is 21.5. The molecule has 5 aliphatic carbocycles. The van der Waals surface area contributed by atoms with Gasteiger partial charge in [0.1, 0.15) is 28.5 Å². The largest absolute Gasteiger partial charge is 0.492 e. The molecule has 0 radical (unpaired) electrons. The van der Waals surface area contributed by atoms with Gasteiger partial charge in [0, 0.05) is 54.7 Å². The number of nitrogens with one attached hydrogen (secondary N) is 1. The lowest BCUT2D eigenvalue weighted by Crippen LogP contribution is -2.61. The molecular weight excluding hydrogens is 944 g/mol. The summed E-state index contributed by atoms with van der Waals surface area (Å²) in [5.41, 5.74) is -4.71. The molecule has 20 nitrogen and oxygen atoms in total. The normalized spacial score (nSPS) is 29.2. The molecule has 2 amide bonds. The molecule has 4 saturated carbocycles. The van der Waals surface area contributed by atoms with Crippen molar-refractivity contribution in [3.05, 3.63) is 57.7 Å². The van der Waals surface area contributed by atoms with Crippen molar-refractivity contribution in [3.63, 3.8) is 0 Å². The summed E-state index contributed by atoms with van der Waals surface area (Å²) in [5, 5.41) is 35.7. The quantitative estimate of drug-likeness (QED) is 0.120. The van der Waals surface area contributed by atoms with E-state index in [0.717, 1.165) is 24.5 Å². The van der Waals surface area contributed by atoms with Crippen molar-refractivity contribution < 1.29 is 77.0 Å². The molecule has 6 aliphatic rings. The van der Waals surface area contributed by atoms with E-state index in [0.29, 0.717) is 19.3 Å². The number of rotatable bonds is 13. The number of benzene rings is 1. The van der Waals surface area contributed by atoms with Crippen LogP contribution in [0.4, 0.5) is 19.7 Å². The number of hydrogen-bond acceptors (Lipinski definition) is 16. The van der Waals surface area contributed by atoms with Crippen molar-refractivity contribution in [2.75, 3.05) is 45.0 Å². The van der Waals surface area contributed by atoms with Crippen molar-refractivity contribution in [2.24, 2.45) is 28.6 Å². The number of amides is 2. The zero-order valence-corrected chi connectivity index (χ0v) is 41.5. The smallest absolute Gasteiger partial charge is 0.413 e. The third kappa shape index (κ3) is 9.44. The van der Waals surface area contributed by atoms with Gasteiger partial charge in [-0.1, -0.05) is 25.5 Å². The number of carbonyl (C=O) groups is 7. The number of carboxylic acids is 1. The van der Waals surface area contributed by atoms with Crippen LogP contribution in [0.3, 0.4) is 0 Å². The first-order valence-corrected chi connectivity index (χ1v) is 24.4. The van der Waals surface area contributed by atoms with Crippen LogP contribution in [0.5, 0.6) is 5.75 Å². The number of alkyl carbamates (subject to hydrolysis) is 1. The van der Waals surface area contributed by atoms with Crippen LogP contribution < -0.4 is 20.4 Å². The molecule has 21 heteroatoms. The van der Waals surface area contributed by atoms with E-state index in [1.807, 2.05) is 13.0 Å². The lowest BCUT2D eigenvalue weighted by atomic mass is 9.46. The van der Waals surface area contributed by atoms with E-state index in [9.17, 15) is 53.7 Å². The number of pyridine rings is 1. The monoisotopic (exact) mass is 1010 g/mol. The average molecular weight is 1010 g/mol. The molecule has 72 heavy (non-hydrogen) atoms. The molecule has 0 bridgehead atoms. The maximum atomic E-state index is 16.0. The zero-order valence-electron chi connectivity index (χ0n) is 41.5. The van der Waals surface area contributed by atoms with E-state index < -0.39 is 113 Å². The maximum absolute atomic E-state index is 16.0. The number of aromatic nitrogens is 1. The van der Waals surface area contributed by atoms with Gasteiger partial charge in [-0.25, -0.2) is 23.6 Å². The Hall–Kier alpha value is -6.35. The highest BCUT2D eigenvalue weighted by molar-refractivity contribution is 6.01. The predicted molar refractivity (Wildman–Crippen MR) is 252 cm³/mol. The molecule has 2 aromatic rings. The first-order chi connectivity index (χ1) is 33.8. The lowest BCUT2D eigenvalue weighted by molar-refractivity contribution is -0.181. The van der Waals surface area contributed by atoms with Crippen molar-refractivity contribution in [3.8, 4) is 5.75 Å². The minimum atomic E-state index is -1.96. The Morgan fingerprint density at radius 2 is 1.74 bits per heavy atom. The second kappa shape index (κ2) is 19.2. The van der Waals surface area contributed by atoms with Gasteiger partial charge in [0.2, 0.25) is 18.0 Å². The van der Waals surface area contributed by atoms with E-state index in [4.69, 9.17) is 23.7 Å². The fourth-order valence-electron chi connectivity index (χ4n) is 12.4. The first kappa shape index (κ1) is 52.0. The van der Waals surface area contributed by atoms with Gasteiger partial charge in [-0.05, 0) is 103 Å². The molecule has 1 aromatic carbocycles. The number of esters is 2. The van der Waals surface area contributed by atoms with Gasteiger partial charge < -0.3 is 58.7 Å². The minimum absolute atomic E-state index is 0.00932. The highest BCUT2D eigenvalue weighted by Crippen LogP contribution is 2.67. The van der Waals surface area contributed by atoms with Crippen LogP contribution in [0.15, 0.2) is 40.9 Å². The number of nitrogens with zero attached hydrogens (tertiary/aromatic N) is 3. The van der Waals surface area contributed by atoms with Crippen LogP contribution in [-0.2, 0) is 38.1 Å². The molecule has 9 atom stereocenters. The van der Waals surface area contributed by atoms with Crippen molar-refractivity contribution in [1.29, 1.82) is 0 Å². The van der Waals surface area contributed by atoms with Gasteiger partial charge in [0.15, 0.2) is 24.0 Å². The van der Waals surface area contributed by atoms with Crippen LogP contribution >= 0.6 is 0 Å². The highest BCUT2D eigenvalue weighted by atomic mass is 19.1. The number of piperazine rings is 1. The molecule has 5 unspecified atom stereocenters. The summed E-state index contributed by atoms with van der Waals surface area (Å²) in [7, 11) is 1.32. The number of hydrogen-bond donors (Lipinski definition) is 4. The number of aliphatic hydroxyl groups excluding tert-OH is 1. The molecule has 4 N–H and O–H groups in total. The average Bonchev–Trinajstić information content (AvgIpc) is 4.11. The SMILES string of the molecule is COc1c(N2CCN(C(=O)OCOC(=O)C(CC(=O)OCC(=O)[C@@]3(O)CCC4C5CCC6=CC(=O)C=C[C@]6(C)C5[C@@H](O)C[C@@]43C)NC(=O)OC(C)(C)C)C(C)C2)c(F)cc2c(=O)c(C(=O)O)cn(C3CC3)c12. The molecule has 0 spiro atoms. The van der Waals surface area contributed by atoms with E-state index in [1.165, 1.54) is 24.3 Å². The van der Waals surface area contributed by atoms with E-state index in [-0.39, 0.29) is 84.4 Å². The van der Waals surface area contributed by atoms with Crippen LogP contribution in [0.1, 0.15) is 109 Å². The molecule has 390 valence electrons. The van der Waals surface area contributed by atoms with Crippen molar-refractivity contribution >= 4 is 58.3 Å². The summed E-state index contributed by atoms with van der Waals surface area (Å²) in [6.07, 6.45) is 5.92. The van der Waals surface area contributed by atoms with E-state index in [1.54, 1.807) is 50.2 Å². The fraction of sp³-hybridized carbons (Fsp3) is 0.608. The summed E-state index contributed by atoms with van der Waals surface area (Å²) in [5.74, 6) is -5.90. The van der Waals surface area contributed by atoms with Crippen LogP contribution in [0.2, 0.25) is 0 Å². The van der Waals surface area contributed by atoms with Crippen LogP contribution in [-0.4, -0.2) is 136 Å². The number of ketones is 2. The number of halogens is 1. The number of aromatic carboxylic acids is 1. The van der Waals surface area contributed by atoms with Crippen molar-refractivity contribution in [1.82, 2.24) is 14.8 Å². The Balaban J connectivity index is 0.879. The fourth-order valence-corrected chi connectivity index (χ4v) is 12.4. The number of allylic oxidation sites excluding steroid dienone is 4. The summed E-state index contributed by atoms with van der Waals surface area (Å²) in [6.45, 7) is 8.46. The minimum Gasteiger partial charge on any atom is -0.492 e. The molecule has 2 heterocycles. The predicted octanol–water partition coefficient (Wildman–Crippen LogP) is 4.74. The van der Waals surface area contributed by atoms with E-state index >= 15 is 4.39 Å². The summed E-state index contributed by atoms with van der Waals surface area (Å²) in [4.78, 5) is 107. The Kier molecular flexibility index (Phi) is 13.9. The Bertz CT molecular complexity index is 2730. The molecule has 5 fully saturated rings. The Morgan fingerprint density at radius 1 is 1.01 bits per heavy atom. The van der Waals surface area contributed by atoms with Crippen molar-refractivity contribution in [2.45, 2.75) is 128 Å². The van der Waals surface area contributed by atoms with Gasteiger partial charge in [-0.2, -0.15) is 0 Å². The molecule has 1 aromatic heterocycles. The van der Waals surface area contributed by atoms with Gasteiger partial charge in [0.05, 0.1) is 30.5 Å². The summed E-state index contributed by atoms with van der Waals surface area (Å²) in [6, 6.07) is -1.48. The number of Topliss-reactive ketones (excluding diaryl/α,β-unsaturated/α-hetero) is 1. The number of carboxylic acid groups (broad SMARTS) is 1. The lowest BCUT2D eigenvalue weighted by Gasteiger charge is -2.59. The van der Waals surface area contributed by atoms with Gasteiger partial charge in [-0.3, -0.25) is 19.2 Å². The number of methoxy groups -OCH3 is 1. The number of anilines is 1. The number of ether oxygens (including phenoxy) is 5. The Morgan fingerprint density at radius 3 is 2.39 bits per heavy atom. The number of carbonyl (C=O) groups excluding carboxylic acids is 6. The Labute approximate surface area is 414 Å². The molecule has 1 aliphatic heterocycles. The van der Waals surface area contributed by atoms with Crippen LogP contribution in [0, 0.1) is 34.4 Å². The molecule has 1 saturated heterocycles. The number of fused-ring (bicyclic) bond motifs is 6. The summed E-state index contributed by atoms with van der Waals surface area (Å²) < 4.78 is 44.4.